The maximum absolute atomic E-state index is 11.8. The van der Waals surface area contributed by atoms with Crippen LogP contribution in [0.3, 0.4) is 0 Å². The van der Waals surface area contributed by atoms with Crippen molar-refractivity contribution in [2.24, 2.45) is 11.8 Å². The number of nitrogens with one attached hydrogen (secondary N) is 2. The van der Waals surface area contributed by atoms with E-state index in [2.05, 4.69) is 20.5 Å². The summed E-state index contributed by atoms with van der Waals surface area (Å²) < 4.78 is 0. The number of carbonyl (C=O) groups is 2. The van der Waals surface area contributed by atoms with Crippen LogP contribution in [0.2, 0.25) is 0 Å². The summed E-state index contributed by atoms with van der Waals surface area (Å²) in [6.45, 7) is 3.28. The van der Waals surface area contributed by atoms with Gasteiger partial charge in [-0.3, -0.25) is 9.89 Å². The zero-order valence-corrected chi connectivity index (χ0v) is 11.4. The molecule has 1 fully saturated rings. The van der Waals surface area contributed by atoms with E-state index in [0.717, 1.165) is 18.7 Å². The van der Waals surface area contributed by atoms with Gasteiger partial charge in [0.15, 0.2) is 0 Å². The number of aryl methyl sites for hydroxylation is 1. The minimum absolute atomic E-state index is 0.0624. The van der Waals surface area contributed by atoms with Crippen molar-refractivity contribution in [2.45, 2.75) is 19.8 Å². The number of carboxylic acids is 1. The molecule has 8 heteroatoms. The number of hydrogen-bond donors (Lipinski definition) is 3. The van der Waals surface area contributed by atoms with Crippen molar-refractivity contribution in [1.82, 2.24) is 25.4 Å². The first-order valence-electron chi connectivity index (χ1n) is 6.67. The quantitative estimate of drug-likeness (QED) is 0.640. The molecule has 1 aliphatic rings. The van der Waals surface area contributed by atoms with Crippen LogP contribution in [0, 0.1) is 11.8 Å². The Kier molecular flexibility index (Phi) is 4.54. The number of likely N-dealkylation sites (tertiary alicyclic amines) is 1. The van der Waals surface area contributed by atoms with Crippen LogP contribution in [0.25, 0.3) is 0 Å². The molecule has 8 nitrogen and oxygen atoms in total. The van der Waals surface area contributed by atoms with Crippen LogP contribution in [0.1, 0.15) is 19.2 Å². The van der Waals surface area contributed by atoms with E-state index in [1.165, 1.54) is 6.33 Å². The molecule has 1 atom stereocenters. The Labute approximate surface area is 116 Å². The number of carbonyl (C=O) groups excluding carboxylic acids is 1. The lowest BCUT2D eigenvalue weighted by Gasteiger charge is -2.41. The fraction of sp³-hybridized carbons (Fsp3) is 0.667. The summed E-state index contributed by atoms with van der Waals surface area (Å²) >= 11 is 0. The molecule has 1 saturated heterocycles. The topological polar surface area (TPSA) is 111 Å². The normalized spacial score (nSPS) is 16.6. The summed E-state index contributed by atoms with van der Waals surface area (Å²) in [7, 11) is 0. The summed E-state index contributed by atoms with van der Waals surface area (Å²) in [5.41, 5.74) is 0. The number of amides is 2. The van der Waals surface area contributed by atoms with Crippen molar-refractivity contribution in [3.05, 3.63) is 12.2 Å². The molecule has 1 aliphatic heterocycles. The maximum atomic E-state index is 11.8. The number of H-pyrrole nitrogens is 1. The van der Waals surface area contributed by atoms with Gasteiger partial charge in [0.25, 0.3) is 0 Å². The third-order valence-corrected chi connectivity index (χ3v) is 3.63. The van der Waals surface area contributed by atoms with E-state index in [0.29, 0.717) is 19.6 Å². The van der Waals surface area contributed by atoms with E-state index < -0.39 is 11.9 Å². The molecule has 0 aliphatic carbocycles. The van der Waals surface area contributed by atoms with E-state index in [1.54, 1.807) is 11.8 Å². The van der Waals surface area contributed by atoms with Crippen molar-refractivity contribution in [1.29, 1.82) is 0 Å². The average molecular weight is 281 g/mol. The molecule has 3 N–H and O–H groups in total. The molecule has 2 rings (SSSR count). The van der Waals surface area contributed by atoms with Gasteiger partial charge in [-0.15, -0.1) is 0 Å². The average Bonchev–Trinajstić information content (AvgIpc) is 2.85. The molecule has 1 unspecified atom stereocenters. The number of hydrogen-bond acceptors (Lipinski definition) is 4. The molecule has 1 aromatic heterocycles. The van der Waals surface area contributed by atoms with E-state index in [9.17, 15) is 9.59 Å². The Morgan fingerprint density at radius 3 is 2.95 bits per heavy atom. The molecule has 0 aromatic carbocycles. The molecule has 2 amide bonds. The zero-order valence-electron chi connectivity index (χ0n) is 11.4. The van der Waals surface area contributed by atoms with Gasteiger partial charge in [0.05, 0.1) is 5.92 Å². The van der Waals surface area contributed by atoms with E-state index >= 15 is 0 Å². The van der Waals surface area contributed by atoms with E-state index in [-0.39, 0.29) is 11.9 Å². The Balaban J connectivity index is 1.59. The second-order valence-corrected chi connectivity index (χ2v) is 5.06. The standard InChI is InChI=1S/C12H19N5O3/c1-8(11(18)19)9-5-17(6-9)12(20)13-4-2-3-10-14-7-15-16-10/h7-9H,2-6H2,1H3,(H,13,20)(H,18,19)(H,14,15,16). The molecule has 1 aromatic rings. The molecular formula is C12H19N5O3. The Bertz CT molecular complexity index is 456. The van der Waals surface area contributed by atoms with Crippen LogP contribution in [-0.2, 0) is 11.2 Å². The molecule has 110 valence electrons. The monoisotopic (exact) mass is 281 g/mol. The second-order valence-electron chi connectivity index (χ2n) is 5.06. The minimum atomic E-state index is -0.804. The molecule has 0 radical (unpaired) electrons. The lowest BCUT2D eigenvalue weighted by molar-refractivity contribution is -0.144. The Hall–Kier alpha value is -2.12. The SMILES string of the molecule is CC(C(=O)O)C1CN(C(=O)NCCCc2ncn[nH]2)C1. The van der Waals surface area contributed by atoms with E-state index in [1.807, 2.05) is 0 Å². The first-order chi connectivity index (χ1) is 9.58. The van der Waals surface area contributed by atoms with Crippen molar-refractivity contribution < 1.29 is 14.7 Å². The van der Waals surface area contributed by atoms with Gasteiger partial charge < -0.3 is 15.3 Å². The molecule has 0 saturated carbocycles. The van der Waals surface area contributed by atoms with Crippen LogP contribution in [-0.4, -0.2) is 56.8 Å². The largest absolute Gasteiger partial charge is 0.481 e. The molecule has 0 bridgehead atoms. The van der Waals surface area contributed by atoms with Crippen molar-refractivity contribution in [2.75, 3.05) is 19.6 Å². The summed E-state index contributed by atoms with van der Waals surface area (Å²) in [6, 6.07) is -0.128. The zero-order chi connectivity index (χ0) is 14.5. The number of rotatable bonds is 6. The summed E-state index contributed by atoms with van der Waals surface area (Å²) in [4.78, 5) is 28.2. The first kappa shape index (κ1) is 14.3. The van der Waals surface area contributed by atoms with Gasteiger partial charge in [-0.1, -0.05) is 6.92 Å². The summed E-state index contributed by atoms with van der Waals surface area (Å²) in [5, 5.41) is 18.2. The Morgan fingerprint density at radius 2 is 2.35 bits per heavy atom. The fourth-order valence-electron chi connectivity index (χ4n) is 2.11. The summed E-state index contributed by atoms with van der Waals surface area (Å²) in [5.74, 6) is -0.335. The predicted molar refractivity (Wildman–Crippen MR) is 70.0 cm³/mol. The lowest BCUT2D eigenvalue weighted by Crippen LogP contribution is -2.56. The second kappa shape index (κ2) is 6.36. The van der Waals surface area contributed by atoms with Crippen LogP contribution in [0.4, 0.5) is 4.79 Å². The number of aromatic nitrogens is 3. The van der Waals surface area contributed by atoms with E-state index in [4.69, 9.17) is 5.11 Å². The highest BCUT2D eigenvalue weighted by Gasteiger charge is 2.36. The van der Waals surface area contributed by atoms with Gasteiger partial charge in [-0.05, 0) is 6.42 Å². The van der Waals surface area contributed by atoms with Gasteiger partial charge in [0.1, 0.15) is 12.2 Å². The first-order valence-corrected chi connectivity index (χ1v) is 6.67. The third kappa shape index (κ3) is 3.46. The predicted octanol–water partition coefficient (Wildman–Crippen LogP) is 0.0994. The van der Waals surface area contributed by atoms with Crippen molar-refractivity contribution >= 4 is 12.0 Å². The highest BCUT2D eigenvalue weighted by molar-refractivity contribution is 5.76. The van der Waals surface area contributed by atoms with Gasteiger partial charge in [0, 0.05) is 32.0 Å². The summed E-state index contributed by atoms with van der Waals surface area (Å²) in [6.07, 6.45) is 2.97. The number of urea groups is 1. The molecule has 0 spiro atoms. The van der Waals surface area contributed by atoms with Gasteiger partial charge in [0.2, 0.25) is 0 Å². The van der Waals surface area contributed by atoms with Crippen molar-refractivity contribution in [3.8, 4) is 0 Å². The van der Waals surface area contributed by atoms with Crippen LogP contribution in [0.15, 0.2) is 6.33 Å². The van der Waals surface area contributed by atoms with Gasteiger partial charge >= 0.3 is 12.0 Å². The maximum Gasteiger partial charge on any atom is 0.317 e. The number of aliphatic carboxylic acids is 1. The van der Waals surface area contributed by atoms with Crippen molar-refractivity contribution in [3.63, 3.8) is 0 Å². The number of nitrogens with zero attached hydrogens (tertiary/aromatic N) is 3. The number of aromatic amines is 1. The fourth-order valence-corrected chi connectivity index (χ4v) is 2.11. The molecular weight excluding hydrogens is 262 g/mol. The van der Waals surface area contributed by atoms with Crippen LogP contribution >= 0.6 is 0 Å². The Morgan fingerprint density at radius 1 is 1.60 bits per heavy atom. The minimum Gasteiger partial charge on any atom is -0.481 e. The van der Waals surface area contributed by atoms with Gasteiger partial charge in [-0.25, -0.2) is 9.78 Å². The lowest BCUT2D eigenvalue weighted by atomic mass is 9.87. The third-order valence-electron chi connectivity index (χ3n) is 3.63. The number of carboxylic acid groups (broad SMARTS) is 1. The molecule has 20 heavy (non-hydrogen) atoms. The van der Waals surface area contributed by atoms with Crippen LogP contribution < -0.4 is 5.32 Å². The molecule has 2 heterocycles. The van der Waals surface area contributed by atoms with Gasteiger partial charge in [-0.2, -0.15) is 5.10 Å². The smallest absolute Gasteiger partial charge is 0.317 e. The van der Waals surface area contributed by atoms with Crippen LogP contribution in [0.5, 0.6) is 0 Å². The highest BCUT2D eigenvalue weighted by atomic mass is 16.4. The highest BCUT2D eigenvalue weighted by Crippen LogP contribution is 2.23.